The Balaban J connectivity index is 2.07. The minimum atomic E-state index is -3.71. The van der Waals surface area contributed by atoms with Crippen molar-refractivity contribution in [1.82, 2.24) is 10.0 Å². The molecule has 0 saturated carbocycles. The molecule has 2 aromatic carbocycles. The smallest absolute Gasteiger partial charge is 0.261 e. The van der Waals surface area contributed by atoms with Crippen LogP contribution in [0.3, 0.4) is 0 Å². The second-order valence-corrected chi connectivity index (χ2v) is 10.8. The van der Waals surface area contributed by atoms with E-state index in [1.54, 1.807) is 45.9 Å². The summed E-state index contributed by atoms with van der Waals surface area (Å²) in [5.74, 6) is 0.724. The Morgan fingerprint density at radius 3 is 2.29 bits per heavy atom. The zero-order valence-corrected chi connectivity index (χ0v) is 20.3. The van der Waals surface area contributed by atoms with Crippen LogP contribution in [0.5, 0.6) is 5.75 Å². The molecule has 2 aromatic rings. The zero-order valence-electron chi connectivity index (χ0n) is 19.4. The number of sulfonamides is 1. The Hall–Kier alpha value is -2.38. The van der Waals surface area contributed by atoms with Gasteiger partial charge in [0.05, 0.1) is 4.90 Å². The molecule has 0 spiro atoms. The first-order chi connectivity index (χ1) is 14.3. The van der Waals surface area contributed by atoms with Crippen LogP contribution in [0.1, 0.15) is 64.2 Å². The lowest BCUT2D eigenvalue weighted by atomic mass is 9.98. The van der Waals surface area contributed by atoms with Crippen LogP contribution in [0.25, 0.3) is 0 Å². The van der Waals surface area contributed by atoms with Crippen LogP contribution in [0.15, 0.2) is 47.4 Å². The molecule has 0 saturated heterocycles. The van der Waals surface area contributed by atoms with E-state index in [4.69, 9.17) is 4.74 Å². The Bertz CT molecular complexity index is 1020. The van der Waals surface area contributed by atoms with Gasteiger partial charge in [0.2, 0.25) is 10.0 Å². The van der Waals surface area contributed by atoms with E-state index in [9.17, 15) is 13.2 Å². The molecule has 0 bridgehead atoms. The van der Waals surface area contributed by atoms with E-state index >= 15 is 0 Å². The predicted octanol–water partition coefficient (Wildman–Crippen LogP) is 4.28. The van der Waals surface area contributed by atoms with Crippen molar-refractivity contribution in [3.63, 3.8) is 0 Å². The molecule has 31 heavy (non-hydrogen) atoms. The maximum absolute atomic E-state index is 12.7. The quantitative estimate of drug-likeness (QED) is 0.634. The maximum Gasteiger partial charge on any atom is 0.261 e. The summed E-state index contributed by atoms with van der Waals surface area (Å²) in [6, 6.07) is 12.5. The molecule has 7 heteroatoms. The van der Waals surface area contributed by atoms with Gasteiger partial charge in [-0.3, -0.25) is 4.79 Å². The summed E-state index contributed by atoms with van der Waals surface area (Å²) in [5.41, 5.74) is 2.26. The van der Waals surface area contributed by atoms with Crippen LogP contribution in [0.4, 0.5) is 0 Å². The summed E-state index contributed by atoms with van der Waals surface area (Å²) in [4.78, 5) is 12.7. The van der Waals surface area contributed by atoms with Crippen molar-refractivity contribution in [2.45, 2.75) is 77.5 Å². The highest BCUT2D eigenvalue weighted by molar-refractivity contribution is 7.89. The highest BCUT2D eigenvalue weighted by Gasteiger charge is 2.24. The first-order valence-electron chi connectivity index (χ1n) is 10.5. The summed E-state index contributed by atoms with van der Waals surface area (Å²) < 4.78 is 33.9. The molecule has 0 heterocycles. The minimum absolute atomic E-state index is 0.0824. The van der Waals surface area contributed by atoms with Crippen molar-refractivity contribution in [2.24, 2.45) is 0 Å². The highest BCUT2D eigenvalue weighted by atomic mass is 32.2. The van der Waals surface area contributed by atoms with Gasteiger partial charge in [-0.15, -0.1) is 0 Å². The number of benzene rings is 2. The second kappa shape index (κ2) is 9.83. The van der Waals surface area contributed by atoms with E-state index in [-0.39, 0.29) is 17.3 Å². The lowest BCUT2D eigenvalue weighted by molar-refractivity contribution is -0.127. The Labute approximate surface area is 186 Å². The summed E-state index contributed by atoms with van der Waals surface area (Å²) in [5, 5.41) is 2.78. The van der Waals surface area contributed by atoms with Gasteiger partial charge < -0.3 is 10.1 Å². The Kier molecular flexibility index (Phi) is 7.89. The lowest BCUT2D eigenvalue weighted by Crippen LogP contribution is -2.41. The topological polar surface area (TPSA) is 84.5 Å². The van der Waals surface area contributed by atoms with Crippen LogP contribution in [0, 0.1) is 6.92 Å². The van der Waals surface area contributed by atoms with Crippen LogP contribution in [-0.4, -0.2) is 26.0 Å². The van der Waals surface area contributed by atoms with E-state index in [0.717, 1.165) is 5.56 Å². The third-order valence-corrected chi connectivity index (χ3v) is 6.56. The number of carbonyl (C=O) groups excluding carboxylic acids is 1. The number of hydrogen-bond donors (Lipinski definition) is 2. The van der Waals surface area contributed by atoms with Gasteiger partial charge in [0.15, 0.2) is 6.10 Å². The number of aryl methyl sites for hydroxylation is 1. The van der Waals surface area contributed by atoms with Crippen LogP contribution in [-0.2, 0) is 21.4 Å². The molecule has 0 aromatic heterocycles. The molecule has 2 N–H and O–H groups in total. The van der Waals surface area contributed by atoms with Gasteiger partial charge in [0.1, 0.15) is 5.75 Å². The molecule has 2 rings (SSSR count). The molecule has 170 valence electrons. The monoisotopic (exact) mass is 446 g/mol. The van der Waals surface area contributed by atoms with Crippen molar-refractivity contribution in [3.05, 3.63) is 59.2 Å². The minimum Gasteiger partial charge on any atom is -0.481 e. The van der Waals surface area contributed by atoms with Gasteiger partial charge in [-0.2, -0.15) is 0 Å². The fourth-order valence-electron chi connectivity index (χ4n) is 3.32. The summed E-state index contributed by atoms with van der Waals surface area (Å²) in [6.07, 6.45) is -0.722. The molecular weight excluding hydrogens is 412 g/mol. The van der Waals surface area contributed by atoms with E-state index in [1.165, 1.54) is 11.6 Å². The first-order valence-corrected chi connectivity index (χ1v) is 12.0. The number of hydrogen-bond acceptors (Lipinski definition) is 4. The fourth-order valence-corrected chi connectivity index (χ4v) is 4.98. The first kappa shape index (κ1) is 24.9. The van der Waals surface area contributed by atoms with Crippen molar-refractivity contribution < 1.29 is 17.9 Å². The van der Waals surface area contributed by atoms with Gasteiger partial charge >= 0.3 is 0 Å². The summed E-state index contributed by atoms with van der Waals surface area (Å²) in [6.45, 7) is 13.4. The standard InChI is InChI=1S/C24H34N2O4S/c1-16(2)21-13-12-20(14-17(21)3)30-18(4)23(27)25-15-19-10-8-9-11-22(19)31(28,29)26-24(5,6)7/h8-14,16,18,26H,15H2,1-7H3,(H,25,27). The van der Waals surface area contributed by atoms with Crippen molar-refractivity contribution >= 4 is 15.9 Å². The van der Waals surface area contributed by atoms with Crippen LogP contribution < -0.4 is 14.8 Å². The molecule has 0 radical (unpaired) electrons. The van der Waals surface area contributed by atoms with E-state index < -0.39 is 21.7 Å². The normalized spacial score (nSPS) is 13.2. The molecular formula is C24H34N2O4S. The van der Waals surface area contributed by atoms with Gasteiger partial charge in [-0.05, 0) is 75.4 Å². The fraction of sp³-hybridized carbons (Fsp3) is 0.458. The van der Waals surface area contributed by atoms with Gasteiger partial charge in [0, 0.05) is 12.1 Å². The maximum atomic E-state index is 12.7. The third kappa shape index (κ3) is 7.08. The number of ether oxygens (including phenoxy) is 1. The second-order valence-electron chi connectivity index (χ2n) is 9.11. The molecule has 0 aliphatic carbocycles. The highest BCUT2D eigenvalue weighted by Crippen LogP contribution is 2.24. The average molecular weight is 447 g/mol. The van der Waals surface area contributed by atoms with E-state index in [1.807, 2.05) is 25.1 Å². The number of carbonyl (C=O) groups is 1. The van der Waals surface area contributed by atoms with Crippen LogP contribution in [0.2, 0.25) is 0 Å². The summed E-state index contributed by atoms with van der Waals surface area (Å²) >= 11 is 0. The van der Waals surface area contributed by atoms with Gasteiger partial charge in [0.25, 0.3) is 5.91 Å². The van der Waals surface area contributed by atoms with Crippen LogP contribution >= 0.6 is 0 Å². The Morgan fingerprint density at radius 2 is 1.71 bits per heavy atom. The molecule has 1 amide bonds. The number of amides is 1. The molecule has 1 atom stereocenters. The Morgan fingerprint density at radius 1 is 1.06 bits per heavy atom. The SMILES string of the molecule is Cc1cc(OC(C)C(=O)NCc2ccccc2S(=O)(=O)NC(C)(C)C)ccc1C(C)C. The molecule has 0 aliphatic rings. The third-order valence-electron chi connectivity index (χ3n) is 4.70. The number of nitrogens with one attached hydrogen (secondary N) is 2. The molecule has 0 fully saturated rings. The average Bonchev–Trinajstić information content (AvgIpc) is 2.64. The number of rotatable bonds is 8. The van der Waals surface area contributed by atoms with Gasteiger partial charge in [-0.25, -0.2) is 13.1 Å². The molecule has 6 nitrogen and oxygen atoms in total. The summed E-state index contributed by atoms with van der Waals surface area (Å²) in [7, 11) is -3.71. The zero-order chi connectivity index (χ0) is 23.4. The molecule has 0 aliphatic heterocycles. The van der Waals surface area contributed by atoms with E-state index in [2.05, 4.69) is 23.9 Å². The molecule has 1 unspecified atom stereocenters. The largest absolute Gasteiger partial charge is 0.481 e. The van der Waals surface area contributed by atoms with Crippen molar-refractivity contribution in [1.29, 1.82) is 0 Å². The van der Waals surface area contributed by atoms with Crippen molar-refractivity contribution in [3.8, 4) is 5.75 Å². The lowest BCUT2D eigenvalue weighted by Gasteiger charge is -2.22. The van der Waals surface area contributed by atoms with Gasteiger partial charge in [-0.1, -0.05) is 38.1 Å². The predicted molar refractivity (Wildman–Crippen MR) is 124 cm³/mol. The van der Waals surface area contributed by atoms with Crippen molar-refractivity contribution in [2.75, 3.05) is 0 Å². The van der Waals surface area contributed by atoms with E-state index in [0.29, 0.717) is 17.2 Å².